The monoisotopic (exact) mass is 221 g/mol. The zero-order valence-corrected chi connectivity index (χ0v) is 10.0. The maximum Gasteiger partial charge on any atom is 0.0240 e. The Balaban J connectivity index is 1.76. The number of benzene rings is 1. The highest BCUT2D eigenvalue weighted by Crippen LogP contribution is 2.22. The van der Waals surface area contributed by atoms with E-state index in [-0.39, 0.29) is 0 Å². The smallest absolute Gasteiger partial charge is 0.0240 e. The summed E-state index contributed by atoms with van der Waals surface area (Å²) in [7, 11) is 0. The van der Waals surface area contributed by atoms with Gasteiger partial charge < -0.3 is 0 Å². The third-order valence-corrected chi connectivity index (χ3v) is 3.35. The fraction of sp³-hybridized carbons (Fsp3) is 0.538. The largest absolute Gasteiger partial charge is 0.295 e. The first-order valence-corrected chi connectivity index (χ1v) is 6.43. The zero-order chi connectivity index (χ0) is 10.5. The summed E-state index contributed by atoms with van der Waals surface area (Å²) >= 11 is 4.23. The van der Waals surface area contributed by atoms with Crippen molar-refractivity contribution in [3.05, 3.63) is 35.4 Å². The third-order valence-electron chi connectivity index (χ3n) is 3.04. The summed E-state index contributed by atoms with van der Waals surface area (Å²) in [6, 6.07) is 8.79. The molecule has 82 valence electrons. The molecular weight excluding hydrogens is 202 g/mol. The first kappa shape index (κ1) is 11.0. The fourth-order valence-electron chi connectivity index (χ4n) is 2.19. The van der Waals surface area contributed by atoms with Crippen LogP contribution in [-0.4, -0.2) is 17.2 Å². The molecule has 0 bridgehead atoms. The summed E-state index contributed by atoms with van der Waals surface area (Å²) in [4.78, 5) is 2.54. The van der Waals surface area contributed by atoms with Gasteiger partial charge >= 0.3 is 0 Å². The lowest BCUT2D eigenvalue weighted by molar-refractivity contribution is 0.277. The minimum atomic E-state index is 1.03. The van der Waals surface area contributed by atoms with E-state index in [0.717, 1.165) is 18.8 Å². The van der Waals surface area contributed by atoms with Crippen LogP contribution in [0.15, 0.2) is 24.3 Å². The SMILES string of the molecule is SCCCCCN1Cc2ccccc2C1. The lowest BCUT2D eigenvalue weighted by atomic mass is 10.1. The molecule has 1 aromatic rings. The van der Waals surface area contributed by atoms with E-state index >= 15 is 0 Å². The number of rotatable bonds is 5. The van der Waals surface area contributed by atoms with E-state index in [4.69, 9.17) is 0 Å². The second-order valence-corrected chi connectivity index (χ2v) is 4.71. The average Bonchev–Trinajstić information content (AvgIpc) is 2.67. The van der Waals surface area contributed by atoms with Crippen LogP contribution in [-0.2, 0) is 13.1 Å². The van der Waals surface area contributed by atoms with Gasteiger partial charge in [0.25, 0.3) is 0 Å². The molecule has 0 aliphatic carbocycles. The summed E-state index contributed by atoms with van der Waals surface area (Å²) in [5.74, 6) is 1.03. The molecule has 0 N–H and O–H groups in total. The van der Waals surface area contributed by atoms with Crippen LogP contribution in [0.5, 0.6) is 0 Å². The first-order valence-electron chi connectivity index (χ1n) is 5.80. The standard InChI is InChI=1S/C13H19NS/c15-9-5-1-4-8-14-10-12-6-2-3-7-13(12)11-14/h2-3,6-7,15H,1,4-5,8-11H2. The van der Waals surface area contributed by atoms with Crippen LogP contribution in [0.25, 0.3) is 0 Å². The molecule has 0 amide bonds. The molecule has 1 nitrogen and oxygen atoms in total. The van der Waals surface area contributed by atoms with Crippen molar-refractivity contribution in [2.75, 3.05) is 12.3 Å². The first-order chi connectivity index (χ1) is 7.40. The zero-order valence-electron chi connectivity index (χ0n) is 9.15. The second kappa shape index (κ2) is 5.57. The van der Waals surface area contributed by atoms with E-state index in [2.05, 4.69) is 41.8 Å². The highest BCUT2D eigenvalue weighted by atomic mass is 32.1. The topological polar surface area (TPSA) is 3.24 Å². The number of hydrogen-bond donors (Lipinski definition) is 1. The number of unbranched alkanes of at least 4 members (excludes halogenated alkanes) is 2. The molecule has 0 spiro atoms. The van der Waals surface area contributed by atoms with Gasteiger partial charge in [-0.05, 0) is 36.3 Å². The van der Waals surface area contributed by atoms with Gasteiger partial charge in [0, 0.05) is 13.1 Å². The predicted octanol–water partition coefficient (Wildman–Crippen LogP) is 3.10. The molecule has 15 heavy (non-hydrogen) atoms. The van der Waals surface area contributed by atoms with Gasteiger partial charge in [-0.25, -0.2) is 0 Å². The van der Waals surface area contributed by atoms with Gasteiger partial charge in [-0.3, -0.25) is 4.90 Å². The summed E-state index contributed by atoms with van der Waals surface area (Å²) in [5, 5.41) is 0. The predicted molar refractivity (Wildman–Crippen MR) is 68.3 cm³/mol. The average molecular weight is 221 g/mol. The van der Waals surface area contributed by atoms with Crippen LogP contribution in [0.3, 0.4) is 0 Å². The number of nitrogens with zero attached hydrogens (tertiary/aromatic N) is 1. The minimum Gasteiger partial charge on any atom is -0.295 e. The molecular formula is C13H19NS. The lowest BCUT2D eigenvalue weighted by Gasteiger charge is -2.13. The molecule has 0 saturated heterocycles. The van der Waals surface area contributed by atoms with Gasteiger partial charge in [0.05, 0.1) is 0 Å². The van der Waals surface area contributed by atoms with Crippen LogP contribution in [0, 0.1) is 0 Å². The molecule has 1 aromatic carbocycles. The molecule has 1 heterocycles. The minimum absolute atomic E-state index is 1.03. The van der Waals surface area contributed by atoms with Crippen molar-refractivity contribution in [1.29, 1.82) is 0 Å². The van der Waals surface area contributed by atoms with Crippen LogP contribution in [0.1, 0.15) is 30.4 Å². The normalized spacial score (nSPS) is 15.5. The Morgan fingerprint density at radius 3 is 2.27 bits per heavy atom. The Bertz CT molecular complexity index is 286. The fourth-order valence-corrected chi connectivity index (χ4v) is 2.41. The van der Waals surface area contributed by atoms with Gasteiger partial charge in [-0.15, -0.1) is 0 Å². The van der Waals surface area contributed by atoms with Crippen LogP contribution in [0.4, 0.5) is 0 Å². The van der Waals surface area contributed by atoms with E-state index in [0.29, 0.717) is 0 Å². The lowest BCUT2D eigenvalue weighted by Crippen LogP contribution is -2.17. The molecule has 2 rings (SSSR count). The summed E-state index contributed by atoms with van der Waals surface area (Å²) in [6.07, 6.45) is 3.88. The molecule has 2 heteroatoms. The van der Waals surface area contributed by atoms with Crippen LogP contribution < -0.4 is 0 Å². The van der Waals surface area contributed by atoms with E-state index in [9.17, 15) is 0 Å². The molecule has 1 aliphatic rings. The third kappa shape index (κ3) is 2.99. The van der Waals surface area contributed by atoms with Crippen molar-refractivity contribution in [2.24, 2.45) is 0 Å². The Labute approximate surface area is 97.9 Å². The van der Waals surface area contributed by atoms with Crippen molar-refractivity contribution in [2.45, 2.75) is 32.4 Å². The Kier molecular flexibility index (Phi) is 4.09. The maximum atomic E-state index is 4.23. The maximum absolute atomic E-state index is 4.23. The summed E-state index contributed by atoms with van der Waals surface area (Å²) < 4.78 is 0. The van der Waals surface area contributed by atoms with Gasteiger partial charge in [0.15, 0.2) is 0 Å². The highest BCUT2D eigenvalue weighted by Gasteiger charge is 2.16. The molecule has 0 atom stereocenters. The Morgan fingerprint density at radius 1 is 1.00 bits per heavy atom. The molecule has 1 aliphatic heterocycles. The van der Waals surface area contributed by atoms with Crippen molar-refractivity contribution in [3.8, 4) is 0 Å². The van der Waals surface area contributed by atoms with Crippen molar-refractivity contribution < 1.29 is 0 Å². The van der Waals surface area contributed by atoms with Crippen molar-refractivity contribution in [3.63, 3.8) is 0 Å². The molecule has 0 radical (unpaired) electrons. The van der Waals surface area contributed by atoms with E-state index in [1.54, 1.807) is 0 Å². The molecule has 0 fully saturated rings. The highest BCUT2D eigenvalue weighted by molar-refractivity contribution is 7.80. The molecule has 0 unspecified atom stereocenters. The summed E-state index contributed by atoms with van der Waals surface area (Å²) in [6.45, 7) is 3.54. The van der Waals surface area contributed by atoms with Crippen LogP contribution >= 0.6 is 12.6 Å². The van der Waals surface area contributed by atoms with E-state index in [1.807, 2.05) is 0 Å². The van der Waals surface area contributed by atoms with Crippen LogP contribution in [0.2, 0.25) is 0 Å². The van der Waals surface area contributed by atoms with Crippen molar-refractivity contribution >= 4 is 12.6 Å². The van der Waals surface area contributed by atoms with E-state index < -0.39 is 0 Å². The summed E-state index contributed by atoms with van der Waals surface area (Å²) in [5.41, 5.74) is 3.04. The van der Waals surface area contributed by atoms with E-state index in [1.165, 1.54) is 36.9 Å². The Morgan fingerprint density at radius 2 is 1.67 bits per heavy atom. The number of thiol groups is 1. The Hall–Kier alpha value is -0.470. The quantitative estimate of drug-likeness (QED) is 0.590. The van der Waals surface area contributed by atoms with Gasteiger partial charge in [-0.1, -0.05) is 30.7 Å². The van der Waals surface area contributed by atoms with Crippen molar-refractivity contribution in [1.82, 2.24) is 4.90 Å². The molecule has 0 aromatic heterocycles. The number of fused-ring (bicyclic) bond motifs is 1. The number of hydrogen-bond acceptors (Lipinski definition) is 2. The van der Waals surface area contributed by atoms with Gasteiger partial charge in [0.1, 0.15) is 0 Å². The second-order valence-electron chi connectivity index (χ2n) is 4.26. The molecule has 0 saturated carbocycles. The van der Waals surface area contributed by atoms with Gasteiger partial charge in [-0.2, -0.15) is 12.6 Å². The van der Waals surface area contributed by atoms with Gasteiger partial charge in [0.2, 0.25) is 0 Å².